The quantitative estimate of drug-likeness (QED) is 0.876. The number of aromatic nitrogens is 1. The van der Waals surface area contributed by atoms with E-state index in [1.54, 1.807) is 6.07 Å². The number of hydrogen-bond acceptors (Lipinski definition) is 3. The fourth-order valence-electron chi connectivity index (χ4n) is 1.48. The third kappa shape index (κ3) is 3.83. The summed E-state index contributed by atoms with van der Waals surface area (Å²) >= 11 is 5.69. The van der Waals surface area contributed by atoms with Crippen LogP contribution in [0, 0.1) is 5.82 Å². The van der Waals surface area contributed by atoms with Crippen molar-refractivity contribution in [1.29, 1.82) is 0 Å². The number of pyridine rings is 1. The molecule has 0 aliphatic carbocycles. The average molecular weight is 281 g/mol. The Morgan fingerprint density at radius 3 is 2.89 bits per heavy atom. The van der Waals surface area contributed by atoms with Crippen molar-refractivity contribution in [2.45, 2.75) is 13.3 Å². The molecule has 100 valence electrons. The molecule has 0 bridgehead atoms. The van der Waals surface area contributed by atoms with Gasteiger partial charge in [-0.1, -0.05) is 24.6 Å². The van der Waals surface area contributed by atoms with Gasteiger partial charge in [0.05, 0.1) is 5.02 Å². The smallest absolute Gasteiger partial charge is 0.221 e. The molecule has 1 aromatic carbocycles. The van der Waals surface area contributed by atoms with Crippen LogP contribution in [0.5, 0.6) is 11.6 Å². The molecule has 19 heavy (non-hydrogen) atoms. The Morgan fingerprint density at radius 2 is 2.16 bits per heavy atom. The number of ether oxygens (including phenoxy) is 1. The Hall–Kier alpha value is -1.81. The molecule has 2 rings (SSSR count). The van der Waals surface area contributed by atoms with E-state index >= 15 is 0 Å². The molecule has 0 aliphatic rings. The number of nitrogens with zero attached hydrogens (tertiary/aromatic N) is 1. The van der Waals surface area contributed by atoms with Crippen molar-refractivity contribution in [3.63, 3.8) is 0 Å². The second-order valence-corrected chi connectivity index (χ2v) is 4.37. The molecular weight excluding hydrogens is 267 g/mol. The number of nitrogens with one attached hydrogen (secondary N) is 1. The second-order valence-electron chi connectivity index (χ2n) is 3.97. The minimum atomic E-state index is -0.472. The van der Waals surface area contributed by atoms with Crippen LogP contribution in [0.3, 0.4) is 0 Å². The summed E-state index contributed by atoms with van der Waals surface area (Å²) in [7, 11) is 0. The molecule has 1 heterocycles. The van der Waals surface area contributed by atoms with Crippen LogP contribution in [0.1, 0.15) is 13.3 Å². The zero-order valence-corrected chi connectivity index (χ0v) is 11.2. The number of rotatable bonds is 5. The Kier molecular flexibility index (Phi) is 4.58. The third-order valence-electron chi connectivity index (χ3n) is 2.39. The van der Waals surface area contributed by atoms with Crippen LogP contribution in [0.25, 0.3) is 0 Å². The number of benzene rings is 1. The fourth-order valence-corrected chi connectivity index (χ4v) is 1.65. The first kappa shape index (κ1) is 13.6. The van der Waals surface area contributed by atoms with Crippen LogP contribution in [0.2, 0.25) is 5.02 Å². The molecule has 0 fully saturated rings. The summed E-state index contributed by atoms with van der Waals surface area (Å²) in [5.41, 5.74) is 0. The lowest BCUT2D eigenvalue weighted by Gasteiger charge is -2.08. The van der Waals surface area contributed by atoms with Crippen LogP contribution in [0.15, 0.2) is 36.4 Å². The van der Waals surface area contributed by atoms with Gasteiger partial charge in [0.15, 0.2) is 0 Å². The van der Waals surface area contributed by atoms with E-state index in [4.69, 9.17) is 16.3 Å². The molecule has 3 nitrogen and oxygen atoms in total. The first-order chi connectivity index (χ1) is 9.19. The number of hydrogen-bond donors (Lipinski definition) is 1. The highest BCUT2D eigenvalue weighted by Crippen LogP contribution is 2.25. The van der Waals surface area contributed by atoms with Crippen molar-refractivity contribution in [1.82, 2.24) is 4.98 Å². The van der Waals surface area contributed by atoms with Crippen molar-refractivity contribution in [2.24, 2.45) is 0 Å². The minimum Gasteiger partial charge on any atom is -0.439 e. The molecule has 0 radical (unpaired) electrons. The van der Waals surface area contributed by atoms with Crippen molar-refractivity contribution in [3.8, 4) is 11.6 Å². The van der Waals surface area contributed by atoms with Gasteiger partial charge in [-0.05, 0) is 24.6 Å². The second kappa shape index (κ2) is 6.38. The van der Waals surface area contributed by atoms with Crippen LogP contribution >= 0.6 is 11.6 Å². The standard InChI is InChI=1S/C14H14ClFN2O/c1-2-8-17-13-4-3-5-14(18-13)19-10-6-7-12(16)11(15)9-10/h3-7,9H,2,8H2,1H3,(H,17,18). The van der Waals surface area contributed by atoms with Gasteiger partial charge in [0.2, 0.25) is 5.88 Å². The maximum atomic E-state index is 13.0. The summed E-state index contributed by atoms with van der Waals surface area (Å²) in [6.45, 7) is 2.92. The van der Waals surface area contributed by atoms with Gasteiger partial charge in [0, 0.05) is 18.7 Å². The maximum Gasteiger partial charge on any atom is 0.221 e. The van der Waals surface area contributed by atoms with Gasteiger partial charge in [-0.3, -0.25) is 0 Å². The highest BCUT2D eigenvalue weighted by molar-refractivity contribution is 6.30. The predicted octanol–water partition coefficient (Wildman–Crippen LogP) is 4.49. The van der Waals surface area contributed by atoms with Gasteiger partial charge in [0.25, 0.3) is 0 Å². The van der Waals surface area contributed by atoms with Gasteiger partial charge in [0.1, 0.15) is 17.4 Å². The molecule has 0 amide bonds. The highest BCUT2D eigenvalue weighted by atomic mass is 35.5. The monoisotopic (exact) mass is 280 g/mol. The van der Waals surface area contributed by atoms with Crippen LogP contribution in [-0.4, -0.2) is 11.5 Å². The van der Waals surface area contributed by atoms with Crippen molar-refractivity contribution in [3.05, 3.63) is 47.2 Å². The van der Waals surface area contributed by atoms with E-state index in [9.17, 15) is 4.39 Å². The topological polar surface area (TPSA) is 34.1 Å². The normalized spacial score (nSPS) is 10.3. The number of halogens is 2. The van der Waals surface area contributed by atoms with E-state index in [-0.39, 0.29) is 5.02 Å². The lowest BCUT2D eigenvalue weighted by atomic mass is 10.3. The Balaban J connectivity index is 2.11. The van der Waals surface area contributed by atoms with Crippen LogP contribution < -0.4 is 10.1 Å². The van der Waals surface area contributed by atoms with Crippen molar-refractivity contribution < 1.29 is 9.13 Å². The maximum absolute atomic E-state index is 13.0. The van der Waals surface area contributed by atoms with Gasteiger partial charge in [-0.15, -0.1) is 0 Å². The Morgan fingerprint density at radius 1 is 1.32 bits per heavy atom. The van der Waals surface area contributed by atoms with E-state index in [0.717, 1.165) is 18.8 Å². The lowest BCUT2D eigenvalue weighted by molar-refractivity contribution is 0.462. The van der Waals surface area contributed by atoms with E-state index < -0.39 is 5.82 Å². The largest absolute Gasteiger partial charge is 0.439 e. The predicted molar refractivity (Wildman–Crippen MR) is 74.5 cm³/mol. The summed E-state index contributed by atoms with van der Waals surface area (Å²) in [5, 5.41) is 3.19. The average Bonchev–Trinajstić information content (AvgIpc) is 2.41. The van der Waals surface area contributed by atoms with E-state index in [1.165, 1.54) is 18.2 Å². The van der Waals surface area contributed by atoms with Gasteiger partial charge < -0.3 is 10.1 Å². The number of anilines is 1. The van der Waals surface area contributed by atoms with Gasteiger partial charge in [-0.25, -0.2) is 4.39 Å². The Labute approximate surface area is 116 Å². The van der Waals surface area contributed by atoms with Gasteiger partial charge >= 0.3 is 0 Å². The van der Waals surface area contributed by atoms with Crippen LogP contribution in [0.4, 0.5) is 10.2 Å². The first-order valence-electron chi connectivity index (χ1n) is 6.03. The molecule has 0 atom stereocenters. The fraction of sp³-hybridized carbons (Fsp3) is 0.214. The van der Waals surface area contributed by atoms with E-state index in [0.29, 0.717) is 11.6 Å². The molecule has 0 saturated heterocycles. The minimum absolute atomic E-state index is 0.0257. The summed E-state index contributed by atoms with van der Waals surface area (Å²) in [4.78, 5) is 4.29. The van der Waals surface area contributed by atoms with Crippen LogP contribution in [-0.2, 0) is 0 Å². The zero-order chi connectivity index (χ0) is 13.7. The molecule has 1 aromatic heterocycles. The van der Waals surface area contributed by atoms with E-state index in [1.807, 2.05) is 12.1 Å². The third-order valence-corrected chi connectivity index (χ3v) is 2.68. The SMILES string of the molecule is CCCNc1cccc(Oc2ccc(F)c(Cl)c2)n1. The summed E-state index contributed by atoms with van der Waals surface area (Å²) in [6.07, 6.45) is 1.01. The first-order valence-corrected chi connectivity index (χ1v) is 6.40. The molecule has 0 aliphatic heterocycles. The molecule has 1 N–H and O–H groups in total. The molecule has 5 heteroatoms. The van der Waals surface area contributed by atoms with Gasteiger partial charge in [-0.2, -0.15) is 4.98 Å². The molecule has 0 saturated carbocycles. The summed E-state index contributed by atoms with van der Waals surface area (Å²) in [6, 6.07) is 9.62. The molecule has 0 spiro atoms. The molecule has 0 unspecified atom stereocenters. The summed E-state index contributed by atoms with van der Waals surface area (Å²) in [5.74, 6) is 1.16. The molecule has 2 aromatic rings. The Bertz CT molecular complexity index is 563. The molecular formula is C14H14ClFN2O. The zero-order valence-electron chi connectivity index (χ0n) is 10.5. The van der Waals surface area contributed by atoms with E-state index in [2.05, 4.69) is 17.2 Å². The van der Waals surface area contributed by atoms with Crippen molar-refractivity contribution >= 4 is 17.4 Å². The summed E-state index contributed by atoms with van der Waals surface area (Å²) < 4.78 is 18.6. The lowest BCUT2D eigenvalue weighted by Crippen LogP contribution is -2.02. The van der Waals surface area contributed by atoms with Crippen molar-refractivity contribution in [2.75, 3.05) is 11.9 Å². The highest BCUT2D eigenvalue weighted by Gasteiger charge is 2.04.